The van der Waals surface area contributed by atoms with Crippen LogP contribution in [0.4, 0.5) is 0 Å². The standard InChI is InChI=1S/C14H21NO4/c1-9(2)3-6-13(18)14(15,19)11-7-10(8-16)4-5-12(11)17/h4-5,7-9,13,17-19H,3,6,15H2,1-2H3/t13-,14-/m1/s1. The van der Waals surface area contributed by atoms with E-state index in [0.717, 1.165) is 0 Å². The Kier molecular flexibility index (Phi) is 5.05. The number of aldehydes is 1. The van der Waals surface area contributed by atoms with Gasteiger partial charge in [0.25, 0.3) is 0 Å². The van der Waals surface area contributed by atoms with Gasteiger partial charge < -0.3 is 15.3 Å². The summed E-state index contributed by atoms with van der Waals surface area (Å²) in [6, 6.07) is 3.95. The fraction of sp³-hybridized carbons (Fsp3) is 0.500. The van der Waals surface area contributed by atoms with Crippen molar-refractivity contribution in [3.63, 3.8) is 0 Å². The van der Waals surface area contributed by atoms with E-state index in [0.29, 0.717) is 25.0 Å². The van der Waals surface area contributed by atoms with Crippen LogP contribution in [0.15, 0.2) is 18.2 Å². The van der Waals surface area contributed by atoms with Crippen molar-refractivity contribution in [2.75, 3.05) is 0 Å². The summed E-state index contributed by atoms with van der Waals surface area (Å²) in [4.78, 5) is 10.7. The smallest absolute Gasteiger partial charge is 0.169 e. The molecule has 0 spiro atoms. The highest BCUT2D eigenvalue weighted by Gasteiger charge is 2.35. The summed E-state index contributed by atoms with van der Waals surface area (Å²) in [5.41, 5.74) is 3.86. The van der Waals surface area contributed by atoms with Gasteiger partial charge in [0.1, 0.15) is 18.1 Å². The largest absolute Gasteiger partial charge is 0.508 e. The van der Waals surface area contributed by atoms with E-state index < -0.39 is 11.8 Å². The Morgan fingerprint density at radius 1 is 1.37 bits per heavy atom. The summed E-state index contributed by atoms with van der Waals surface area (Å²) in [6.07, 6.45) is 0.353. The number of nitrogens with two attached hydrogens (primary N) is 1. The zero-order valence-electron chi connectivity index (χ0n) is 11.2. The van der Waals surface area contributed by atoms with Gasteiger partial charge in [0.15, 0.2) is 5.72 Å². The van der Waals surface area contributed by atoms with Crippen molar-refractivity contribution in [1.29, 1.82) is 0 Å². The lowest BCUT2D eigenvalue weighted by molar-refractivity contribution is -0.0824. The topological polar surface area (TPSA) is 104 Å². The van der Waals surface area contributed by atoms with Crippen LogP contribution >= 0.6 is 0 Å². The van der Waals surface area contributed by atoms with E-state index in [-0.39, 0.29) is 16.9 Å². The van der Waals surface area contributed by atoms with Crippen LogP contribution in [0.25, 0.3) is 0 Å². The fourth-order valence-electron chi connectivity index (χ4n) is 1.84. The van der Waals surface area contributed by atoms with Gasteiger partial charge in [-0.2, -0.15) is 0 Å². The molecule has 0 radical (unpaired) electrons. The number of benzene rings is 1. The summed E-state index contributed by atoms with van der Waals surface area (Å²) in [6.45, 7) is 3.99. The molecule has 0 saturated heterocycles. The highest BCUT2D eigenvalue weighted by Crippen LogP contribution is 2.30. The number of aliphatic hydroxyl groups excluding tert-OH is 1. The molecular weight excluding hydrogens is 246 g/mol. The number of aromatic hydroxyl groups is 1. The van der Waals surface area contributed by atoms with Crippen LogP contribution in [0, 0.1) is 5.92 Å². The number of rotatable bonds is 6. The molecule has 0 saturated carbocycles. The second-order valence-corrected chi connectivity index (χ2v) is 5.21. The number of carbonyl (C=O) groups is 1. The molecule has 0 fully saturated rings. The second kappa shape index (κ2) is 6.14. The van der Waals surface area contributed by atoms with Crippen molar-refractivity contribution < 1.29 is 20.1 Å². The van der Waals surface area contributed by atoms with Crippen LogP contribution < -0.4 is 5.73 Å². The molecule has 0 heterocycles. The Balaban J connectivity index is 3.00. The molecule has 0 aliphatic heterocycles. The zero-order chi connectivity index (χ0) is 14.6. The minimum atomic E-state index is -2.09. The van der Waals surface area contributed by atoms with Crippen LogP contribution in [0.3, 0.4) is 0 Å². The van der Waals surface area contributed by atoms with Gasteiger partial charge in [-0.05, 0) is 37.0 Å². The first-order valence-electron chi connectivity index (χ1n) is 6.27. The van der Waals surface area contributed by atoms with Crippen molar-refractivity contribution in [2.24, 2.45) is 11.7 Å². The van der Waals surface area contributed by atoms with Crippen LogP contribution in [0.2, 0.25) is 0 Å². The summed E-state index contributed by atoms with van der Waals surface area (Å²) in [5.74, 6) is 0.111. The Morgan fingerprint density at radius 2 is 2.00 bits per heavy atom. The fourth-order valence-corrected chi connectivity index (χ4v) is 1.84. The van der Waals surface area contributed by atoms with Crippen molar-refractivity contribution in [1.82, 2.24) is 0 Å². The molecule has 19 heavy (non-hydrogen) atoms. The van der Waals surface area contributed by atoms with Crippen molar-refractivity contribution in [2.45, 2.75) is 38.5 Å². The third kappa shape index (κ3) is 3.76. The number of hydrogen-bond donors (Lipinski definition) is 4. The highest BCUT2D eigenvalue weighted by molar-refractivity contribution is 5.75. The van der Waals surface area contributed by atoms with Crippen molar-refractivity contribution in [3.8, 4) is 5.75 Å². The predicted octanol–water partition coefficient (Wildman–Crippen LogP) is 1.11. The monoisotopic (exact) mass is 267 g/mol. The van der Waals surface area contributed by atoms with Crippen molar-refractivity contribution >= 4 is 6.29 Å². The molecule has 5 nitrogen and oxygen atoms in total. The molecule has 106 valence electrons. The van der Waals surface area contributed by atoms with E-state index >= 15 is 0 Å². The first-order valence-corrected chi connectivity index (χ1v) is 6.27. The molecule has 5 heteroatoms. The van der Waals surface area contributed by atoms with Crippen LogP contribution in [0.5, 0.6) is 5.75 Å². The normalized spacial score (nSPS) is 16.1. The number of hydrogen-bond acceptors (Lipinski definition) is 5. The van der Waals surface area contributed by atoms with E-state index in [4.69, 9.17) is 5.73 Å². The second-order valence-electron chi connectivity index (χ2n) is 5.21. The molecular formula is C14H21NO4. The lowest BCUT2D eigenvalue weighted by Crippen LogP contribution is -2.48. The molecule has 0 bridgehead atoms. The third-order valence-corrected chi connectivity index (χ3v) is 3.11. The molecule has 5 N–H and O–H groups in total. The molecule has 0 unspecified atom stereocenters. The Morgan fingerprint density at radius 3 is 2.53 bits per heavy atom. The quantitative estimate of drug-likeness (QED) is 0.456. The molecule has 0 aromatic heterocycles. The van der Waals surface area contributed by atoms with E-state index in [1.165, 1.54) is 18.2 Å². The number of phenolic OH excluding ortho intramolecular Hbond substituents is 1. The maximum atomic E-state index is 10.7. The van der Waals surface area contributed by atoms with Gasteiger partial charge in [-0.25, -0.2) is 0 Å². The van der Waals surface area contributed by atoms with Gasteiger partial charge in [-0.3, -0.25) is 10.5 Å². The molecule has 0 amide bonds. The molecule has 2 atom stereocenters. The van der Waals surface area contributed by atoms with E-state index in [1.807, 2.05) is 13.8 Å². The summed E-state index contributed by atoms with van der Waals surface area (Å²) >= 11 is 0. The first kappa shape index (κ1) is 15.6. The zero-order valence-corrected chi connectivity index (χ0v) is 11.2. The average molecular weight is 267 g/mol. The average Bonchev–Trinajstić information content (AvgIpc) is 2.36. The first-order chi connectivity index (χ1) is 8.78. The lowest BCUT2D eigenvalue weighted by Gasteiger charge is -2.30. The predicted molar refractivity (Wildman–Crippen MR) is 71.7 cm³/mol. The van der Waals surface area contributed by atoms with Gasteiger partial charge in [-0.15, -0.1) is 0 Å². The summed E-state index contributed by atoms with van der Waals surface area (Å²) in [7, 11) is 0. The van der Waals surface area contributed by atoms with Gasteiger partial charge in [0.05, 0.1) is 0 Å². The van der Waals surface area contributed by atoms with Gasteiger partial charge in [0.2, 0.25) is 0 Å². The molecule has 1 rings (SSSR count). The molecule has 1 aromatic carbocycles. The highest BCUT2D eigenvalue weighted by atomic mass is 16.4. The Hall–Kier alpha value is -1.43. The van der Waals surface area contributed by atoms with Crippen LogP contribution in [-0.2, 0) is 5.72 Å². The van der Waals surface area contributed by atoms with Crippen LogP contribution in [-0.4, -0.2) is 27.7 Å². The van der Waals surface area contributed by atoms with Crippen LogP contribution in [0.1, 0.15) is 42.6 Å². The lowest BCUT2D eigenvalue weighted by atomic mass is 9.91. The van der Waals surface area contributed by atoms with E-state index in [2.05, 4.69) is 0 Å². The maximum absolute atomic E-state index is 10.7. The number of phenols is 1. The van der Waals surface area contributed by atoms with Gasteiger partial charge >= 0.3 is 0 Å². The molecule has 0 aliphatic carbocycles. The maximum Gasteiger partial charge on any atom is 0.169 e. The molecule has 0 aliphatic rings. The number of aliphatic hydroxyl groups is 2. The van der Waals surface area contributed by atoms with E-state index in [1.54, 1.807) is 0 Å². The number of carbonyl (C=O) groups excluding carboxylic acids is 1. The minimum absolute atomic E-state index is 0.0478. The Bertz CT molecular complexity index is 443. The van der Waals surface area contributed by atoms with Gasteiger partial charge in [0, 0.05) is 11.1 Å². The molecule has 1 aromatic rings. The summed E-state index contributed by atoms with van der Waals surface area (Å²) < 4.78 is 0. The van der Waals surface area contributed by atoms with E-state index in [9.17, 15) is 20.1 Å². The Labute approximate surface area is 112 Å². The van der Waals surface area contributed by atoms with Crippen molar-refractivity contribution in [3.05, 3.63) is 29.3 Å². The SMILES string of the molecule is CC(C)CC[C@@H](O)[C@](N)(O)c1cc(C=O)ccc1O. The third-order valence-electron chi connectivity index (χ3n) is 3.11. The summed E-state index contributed by atoms with van der Waals surface area (Å²) in [5, 5.41) is 29.9. The van der Waals surface area contributed by atoms with Gasteiger partial charge in [-0.1, -0.05) is 13.8 Å². The minimum Gasteiger partial charge on any atom is -0.508 e.